The quantitative estimate of drug-likeness (QED) is 0.0469. The molecule has 8 rings (SSSR count). The highest BCUT2D eigenvalue weighted by Gasteiger charge is 2.32. The third-order valence-electron chi connectivity index (χ3n) is 9.47. The van der Waals surface area contributed by atoms with Crippen LogP contribution in [0.25, 0.3) is 44.5 Å². The fourth-order valence-electron chi connectivity index (χ4n) is 6.48. The van der Waals surface area contributed by atoms with Crippen LogP contribution in [-0.4, -0.2) is 25.2 Å². The molecular formula is C55H62N2O7P2S. The molecule has 0 aliphatic carbocycles. The van der Waals surface area contributed by atoms with Gasteiger partial charge in [0.15, 0.2) is 0 Å². The maximum absolute atomic E-state index is 7.32. The summed E-state index contributed by atoms with van der Waals surface area (Å²) in [4.78, 5) is 0. The van der Waals surface area contributed by atoms with E-state index in [1.165, 1.54) is 22.3 Å². The Morgan fingerprint density at radius 1 is 0.373 bits per heavy atom. The molecule has 0 aliphatic rings. The average molecular weight is 957 g/mol. The fraction of sp³-hybridized carbons (Fsp3) is 0.127. The molecule has 0 spiro atoms. The Morgan fingerprint density at radius 2 is 0.627 bits per heavy atom. The molecule has 0 bridgehead atoms. The maximum Gasteiger partial charge on any atom is 0.448 e. The predicted octanol–water partition coefficient (Wildman–Crippen LogP) is 18.4. The van der Waals surface area contributed by atoms with Crippen LogP contribution in [-0.2, 0) is 9.37 Å². The average Bonchev–Trinajstić information content (AvgIpc) is 3.34. The first-order chi connectivity index (χ1) is 30.9. The molecule has 0 fully saturated rings. The second kappa shape index (κ2) is 27.3. The molecule has 8 aromatic carbocycles. The van der Waals surface area contributed by atoms with Gasteiger partial charge in [0, 0.05) is 32.0 Å². The van der Waals surface area contributed by atoms with Gasteiger partial charge in [0.2, 0.25) is 0 Å². The zero-order valence-corrected chi connectivity index (χ0v) is 37.5. The lowest BCUT2D eigenvalue weighted by Gasteiger charge is -2.27. The summed E-state index contributed by atoms with van der Waals surface area (Å²) in [6.07, 6.45) is 1.62. The molecule has 0 aromatic heterocycles. The van der Waals surface area contributed by atoms with E-state index in [1.54, 1.807) is 13.3 Å². The van der Waals surface area contributed by atoms with Gasteiger partial charge in [-0.3, -0.25) is 0 Å². The first-order valence-electron chi connectivity index (χ1n) is 19.9. The molecule has 12 heteroatoms. The van der Waals surface area contributed by atoms with E-state index in [-0.39, 0.29) is 29.7 Å². The summed E-state index contributed by atoms with van der Waals surface area (Å²) in [5.41, 5.74) is 9.00. The molecule has 2 unspecified atom stereocenters. The van der Waals surface area contributed by atoms with Crippen LogP contribution in [0.15, 0.2) is 228 Å². The summed E-state index contributed by atoms with van der Waals surface area (Å²) in [6, 6.07) is 72.7. The highest BCUT2D eigenvalue weighted by molar-refractivity contribution is 7.93. The SMILES string of the molecule is C.C.C.C.CN=P(N=P(C)(Oc1ccccc1)Oc1ccc(-c2ccc(-c3ccccc3)cc2)cc1)(Oc1ccccc1)Oc1ccc(-c2ccc(-c3ccccc3)cc2)cc1.CSOOO. The minimum atomic E-state index is -3.48. The van der Waals surface area contributed by atoms with E-state index < -0.39 is 15.2 Å². The summed E-state index contributed by atoms with van der Waals surface area (Å²) in [6.45, 7) is 1.86. The summed E-state index contributed by atoms with van der Waals surface area (Å²) in [5.74, 6) is 2.32. The highest BCUT2D eigenvalue weighted by atomic mass is 32.2. The van der Waals surface area contributed by atoms with Crippen LogP contribution < -0.4 is 18.1 Å². The summed E-state index contributed by atoms with van der Waals surface area (Å²) >= 11 is 0.929. The molecular weight excluding hydrogens is 895 g/mol. The van der Waals surface area contributed by atoms with Gasteiger partial charge in [0.25, 0.3) is 0 Å². The lowest BCUT2D eigenvalue weighted by atomic mass is 10.0. The van der Waals surface area contributed by atoms with E-state index >= 15 is 0 Å². The van der Waals surface area contributed by atoms with Crippen LogP contribution >= 0.6 is 27.2 Å². The van der Waals surface area contributed by atoms with Crippen molar-refractivity contribution in [2.24, 2.45) is 9.26 Å². The van der Waals surface area contributed by atoms with Gasteiger partial charge in [-0.25, -0.2) is 10.0 Å². The van der Waals surface area contributed by atoms with E-state index in [4.69, 9.17) is 32.6 Å². The van der Waals surface area contributed by atoms with Gasteiger partial charge in [-0.05, 0) is 93.0 Å². The minimum absolute atomic E-state index is 0. The Hall–Kier alpha value is -6.35. The van der Waals surface area contributed by atoms with Gasteiger partial charge >= 0.3 is 15.2 Å². The molecule has 0 heterocycles. The van der Waals surface area contributed by atoms with E-state index in [9.17, 15) is 0 Å². The van der Waals surface area contributed by atoms with Gasteiger partial charge in [0.1, 0.15) is 23.0 Å². The molecule has 0 radical (unpaired) electrons. The van der Waals surface area contributed by atoms with Crippen molar-refractivity contribution < 1.29 is 32.7 Å². The Balaban J connectivity index is 0.00000126. The van der Waals surface area contributed by atoms with Crippen molar-refractivity contribution in [2.45, 2.75) is 29.7 Å². The summed E-state index contributed by atoms with van der Waals surface area (Å²) in [7, 11) is -5.03. The van der Waals surface area contributed by atoms with Gasteiger partial charge < -0.3 is 18.1 Å². The van der Waals surface area contributed by atoms with E-state index in [0.717, 1.165) is 34.3 Å². The lowest BCUT2D eigenvalue weighted by molar-refractivity contribution is -0.432. The number of hydrogen-bond donors (Lipinski definition) is 1. The van der Waals surface area contributed by atoms with Crippen molar-refractivity contribution in [1.82, 2.24) is 0 Å². The molecule has 9 nitrogen and oxygen atoms in total. The first-order valence-corrected chi connectivity index (χ1v) is 24.6. The van der Waals surface area contributed by atoms with Crippen molar-refractivity contribution in [3.05, 3.63) is 218 Å². The topological polar surface area (TPSA) is 100 Å². The molecule has 0 saturated heterocycles. The Morgan fingerprint density at radius 3 is 0.910 bits per heavy atom. The molecule has 67 heavy (non-hydrogen) atoms. The van der Waals surface area contributed by atoms with Gasteiger partial charge in [-0.2, -0.15) is 0 Å². The second-order valence-corrected chi connectivity index (χ2v) is 18.7. The molecule has 0 aliphatic heterocycles. The molecule has 350 valence electrons. The fourth-order valence-corrected chi connectivity index (χ4v) is 11.1. The predicted molar refractivity (Wildman–Crippen MR) is 286 cm³/mol. The first kappa shape index (κ1) is 55.0. The summed E-state index contributed by atoms with van der Waals surface area (Å²) in [5, 5.41) is 10.5. The standard InChI is InChI=1S/C50H42N2O4P2.CH4O3S.4CH4/c1-51-58(55-48-21-13-6-14-22-48,56-50-37-33-46(34-38-50)44-29-25-42(26-30-44)40-17-9-4-10-18-40)52-57(2,53-47-19-11-5-12-20-47)54-49-35-31-45(32-36-49)43-27-23-41(24-28-43)39-15-7-3-8-16-39;1-5-4-3-2;;;;/h3-38H,1-2H3;2H,1H3;4*1H4. The van der Waals surface area contributed by atoms with Crippen molar-refractivity contribution >= 4 is 27.2 Å². The third kappa shape index (κ3) is 15.6. The van der Waals surface area contributed by atoms with Gasteiger partial charge in [0.05, 0.1) is 0 Å². The molecule has 1 N–H and O–H groups in total. The number of rotatable bonds is 15. The van der Waals surface area contributed by atoms with Crippen LogP contribution in [0.2, 0.25) is 0 Å². The van der Waals surface area contributed by atoms with Crippen molar-refractivity contribution in [2.75, 3.05) is 20.0 Å². The zero-order chi connectivity index (χ0) is 43.7. The van der Waals surface area contributed by atoms with Crippen molar-refractivity contribution in [1.29, 1.82) is 0 Å². The monoisotopic (exact) mass is 956 g/mol. The van der Waals surface area contributed by atoms with Gasteiger partial charge in [-0.1, -0.05) is 205 Å². The highest BCUT2D eigenvalue weighted by Crippen LogP contribution is 2.63. The third-order valence-corrected chi connectivity index (χ3v) is 14.4. The minimum Gasteiger partial charge on any atom is -0.430 e. The Labute approximate surface area is 402 Å². The molecule has 2 atom stereocenters. The lowest BCUT2D eigenvalue weighted by Crippen LogP contribution is -2.05. The Kier molecular flexibility index (Phi) is 22.4. The van der Waals surface area contributed by atoms with E-state index in [1.807, 2.05) is 128 Å². The largest absolute Gasteiger partial charge is 0.448 e. The van der Waals surface area contributed by atoms with Crippen LogP contribution in [0.1, 0.15) is 29.7 Å². The van der Waals surface area contributed by atoms with Crippen LogP contribution in [0, 0.1) is 0 Å². The van der Waals surface area contributed by atoms with Crippen LogP contribution in [0.3, 0.4) is 0 Å². The van der Waals surface area contributed by atoms with Crippen molar-refractivity contribution in [3.63, 3.8) is 0 Å². The number of benzene rings is 8. The smallest absolute Gasteiger partial charge is 0.430 e. The number of hydrogen-bond acceptors (Lipinski definition) is 9. The summed E-state index contributed by atoms with van der Waals surface area (Å²) < 4.78 is 40.6. The molecule has 8 aromatic rings. The maximum atomic E-state index is 7.32. The Bertz CT molecular complexity index is 2730. The van der Waals surface area contributed by atoms with Crippen LogP contribution in [0.5, 0.6) is 23.0 Å². The number of para-hydroxylation sites is 2. The molecule has 0 amide bonds. The zero-order valence-electron chi connectivity index (χ0n) is 34.9. The van der Waals surface area contributed by atoms with Crippen LogP contribution in [0.4, 0.5) is 0 Å². The van der Waals surface area contributed by atoms with Crippen molar-refractivity contribution in [3.8, 4) is 67.5 Å². The second-order valence-electron chi connectivity index (χ2n) is 13.8. The molecule has 0 saturated carbocycles. The normalized spacial score (nSPS) is 11.8. The van der Waals surface area contributed by atoms with E-state index in [0.29, 0.717) is 23.0 Å². The number of nitrogens with zero attached hydrogens (tertiary/aromatic N) is 2. The van der Waals surface area contributed by atoms with E-state index in [2.05, 4.69) is 106 Å². The van der Waals surface area contributed by atoms with Gasteiger partial charge in [-0.15, -0.1) is 8.85 Å².